The first-order chi connectivity index (χ1) is 6.57. The van der Waals surface area contributed by atoms with Crippen LogP contribution in [0.3, 0.4) is 0 Å². The number of hydrogen-bond donors (Lipinski definition) is 1. The minimum atomic E-state index is -1.47. The molecule has 1 aromatic rings. The Kier molecular flexibility index (Phi) is 3.50. The summed E-state index contributed by atoms with van der Waals surface area (Å²) in [7, 11) is -1.47. The molecule has 14 heavy (non-hydrogen) atoms. The molecule has 3 nitrogen and oxygen atoms in total. The number of rotatable bonds is 2. The molecule has 1 aromatic carbocycles. The van der Waals surface area contributed by atoms with Crippen molar-refractivity contribution in [3.05, 3.63) is 23.2 Å². The number of halogens is 1. The van der Waals surface area contributed by atoms with Crippen LogP contribution >= 0.6 is 11.6 Å². The molecule has 0 aliphatic heterocycles. The van der Waals surface area contributed by atoms with Gasteiger partial charge in [0.05, 0.1) is 26.8 Å². The zero-order valence-corrected chi connectivity index (χ0v) is 9.10. The first kappa shape index (κ1) is 11.0. The quantitative estimate of drug-likeness (QED) is 0.787. The van der Waals surface area contributed by atoms with Crippen molar-refractivity contribution in [3.8, 4) is 6.07 Å². The second-order valence-electron chi connectivity index (χ2n) is 2.73. The van der Waals surface area contributed by atoms with E-state index in [0.717, 1.165) is 0 Å². The minimum Gasteiger partial charge on any atom is -0.398 e. The molecule has 0 saturated heterocycles. The fraction of sp³-hybridized carbons (Fsp3) is 0.222. The van der Waals surface area contributed by atoms with Gasteiger partial charge < -0.3 is 5.73 Å². The monoisotopic (exact) mass is 228 g/mol. The van der Waals surface area contributed by atoms with Crippen molar-refractivity contribution in [2.75, 3.05) is 5.73 Å². The van der Waals surface area contributed by atoms with Crippen LogP contribution in [0, 0.1) is 11.3 Å². The van der Waals surface area contributed by atoms with Gasteiger partial charge in [0, 0.05) is 5.69 Å². The molecule has 0 amide bonds. The van der Waals surface area contributed by atoms with Crippen molar-refractivity contribution in [2.24, 2.45) is 0 Å². The Morgan fingerprint density at radius 1 is 1.64 bits per heavy atom. The molecule has 0 aliphatic carbocycles. The summed E-state index contributed by atoms with van der Waals surface area (Å²) in [5.41, 5.74) is 5.99. The summed E-state index contributed by atoms with van der Waals surface area (Å²) in [6, 6.07) is 6.80. The lowest BCUT2D eigenvalue weighted by Gasteiger charge is -2.08. The van der Waals surface area contributed by atoms with Gasteiger partial charge >= 0.3 is 0 Å². The van der Waals surface area contributed by atoms with Gasteiger partial charge in [-0.15, -0.1) is 0 Å². The zero-order chi connectivity index (χ0) is 10.7. The number of benzene rings is 1. The number of nitriles is 1. The second kappa shape index (κ2) is 4.45. The maximum atomic E-state index is 11.7. The third-order valence-corrected chi connectivity index (χ3v) is 3.73. The number of hydrogen-bond acceptors (Lipinski definition) is 3. The highest BCUT2D eigenvalue weighted by molar-refractivity contribution is 7.86. The Morgan fingerprint density at radius 3 is 2.79 bits per heavy atom. The summed E-state index contributed by atoms with van der Waals surface area (Å²) in [4.78, 5) is 0.350. The van der Waals surface area contributed by atoms with Gasteiger partial charge in [0.15, 0.2) is 0 Å². The van der Waals surface area contributed by atoms with Crippen LogP contribution in [-0.2, 0) is 10.8 Å². The molecule has 0 heterocycles. The van der Waals surface area contributed by atoms with Crippen molar-refractivity contribution in [2.45, 2.75) is 17.1 Å². The van der Waals surface area contributed by atoms with E-state index in [4.69, 9.17) is 22.6 Å². The molecule has 0 bridgehead atoms. The van der Waals surface area contributed by atoms with Gasteiger partial charge in [0.1, 0.15) is 5.25 Å². The summed E-state index contributed by atoms with van der Waals surface area (Å²) in [6.07, 6.45) is 0. The summed E-state index contributed by atoms with van der Waals surface area (Å²) in [5.74, 6) is 0. The number of nitrogens with two attached hydrogens (primary N) is 1. The summed E-state index contributed by atoms with van der Waals surface area (Å²) in [6.45, 7) is 1.57. The predicted octanol–water partition coefficient (Wildman–Crippen LogP) is 1.94. The Morgan fingerprint density at radius 2 is 2.29 bits per heavy atom. The van der Waals surface area contributed by atoms with Crippen LogP contribution < -0.4 is 5.73 Å². The van der Waals surface area contributed by atoms with E-state index in [1.807, 2.05) is 6.07 Å². The standard InChI is InChI=1S/C9H9ClN2OS/c1-6(5-11)14(13)9-7(10)3-2-4-8(9)12/h2-4,6H,12H2,1H3. The van der Waals surface area contributed by atoms with Crippen LogP contribution in [0.4, 0.5) is 5.69 Å². The smallest absolute Gasteiger partial charge is 0.123 e. The SMILES string of the molecule is CC(C#N)S(=O)c1c(N)cccc1Cl. The van der Waals surface area contributed by atoms with E-state index in [1.54, 1.807) is 25.1 Å². The minimum absolute atomic E-state index is 0.338. The number of nitrogen functional groups attached to an aromatic ring is 1. The number of nitrogens with zero attached hydrogens (tertiary/aromatic N) is 1. The molecule has 2 N–H and O–H groups in total. The molecule has 2 unspecified atom stereocenters. The maximum absolute atomic E-state index is 11.7. The Bertz CT molecular complexity index is 394. The highest BCUT2D eigenvalue weighted by Crippen LogP contribution is 2.27. The largest absolute Gasteiger partial charge is 0.398 e. The molecular weight excluding hydrogens is 220 g/mol. The Hall–Kier alpha value is -1.05. The van der Waals surface area contributed by atoms with Gasteiger partial charge in [-0.1, -0.05) is 17.7 Å². The molecule has 0 radical (unpaired) electrons. The van der Waals surface area contributed by atoms with Crippen LogP contribution in [-0.4, -0.2) is 9.46 Å². The van der Waals surface area contributed by atoms with Crippen LogP contribution in [0.25, 0.3) is 0 Å². The summed E-state index contributed by atoms with van der Waals surface area (Å²) >= 11 is 5.84. The highest BCUT2D eigenvalue weighted by atomic mass is 35.5. The first-order valence-corrected chi connectivity index (χ1v) is 5.51. The van der Waals surface area contributed by atoms with Crippen molar-refractivity contribution < 1.29 is 4.21 Å². The molecule has 74 valence electrons. The Balaban J connectivity index is 3.20. The van der Waals surface area contributed by atoms with Gasteiger partial charge in [0.2, 0.25) is 0 Å². The number of anilines is 1. The van der Waals surface area contributed by atoms with Gasteiger partial charge in [-0.05, 0) is 19.1 Å². The van der Waals surface area contributed by atoms with Crippen molar-refractivity contribution in [1.82, 2.24) is 0 Å². The molecular formula is C9H9ClN2OS. The van der Waals surface area contributed by atoms with Gasteiger partial charge in [-0.3, -0.25) is 4.21 Å². The molecule has 5 heteroatoms. The molecule has 0 fully saturated rings. The molecule has 0 aromatic heterocycles. The molecule has 1 rings (SSSR count). The summed E-state index contributed by atoms with van der Waals surface area (Å²) in [5, 5.41) is 8.35. The predicted molar refractivity (Wildman–Crippen MR) is 57.3 cm³/mol. The van der Waals surface area contributed by atoms with E-state index >= 15 is 0 Å². The molecule has 0 aliphatic rings. The van der Waals surface area contributed by atoms with E-state index in [0.29, 0.717) is 15.6 Å². The Labute approximate surface area is 89.9 Å². The van der Waals surface area contributed by atoms with Crippen LogP contribution in [0.2, 0.25) is 5.02 Å². The molecule has 2 atom stereocenters. The van der Waals surface area contributed by atoms with E-state index in [1.165, 1.54) is 0 Å². The van der Waals surface area contributed by atoms with E-state index in [2.05, 4.69) is 0 Å². The lowest BCUT2D eigenvalue weighted by molar-refractivity contribution is 0.680. The maximum Gasteiger partial charge on any atom is 0.123 e. The summed E-state index contributed by atoms with van der Waals surface area (Å²) < 4.78 is 11.7. The fourth-order valence-electron chi connectivity index (χ4n) is 0.962. The topological polar surface area (TPSA) is 66.9 Å². The average Bonchev–Trinajstić information content (AvgIpc) is 2.16. The molecule has 0 saturated carbocycles. The van der Waals surface area contributed by atoms with Crippen LogP contribution in [0.15, 0.2) is 23.1 Å². The highest BCUT2D eigenvalue weighted by Gasteiger charge is 2.17. The van der Waals surface area contributed by atoms with Crippen molar-refractivity contribution in [3.63, 3.8) is 0 Å². The van der Waals surface area contributed by atoms with Gasteiger partial charge in [0.25, 0.3) is 0 Å². The third-order valence-electron chi connectivity index (χ3n) is 1.70. The normalized spacial score (nSPS) is 14.4. The fourth-order valence-corrected chi connectivity index (χ4v) is 2.38. The van der Waals surface area contributed by atoms with E-state index in [-0.39, 0.29) is 0 Å². The van der Waals surface area contributed by atoms with Crippen LogP contribution in [0.5, 0.6) is 0 Å². The van der Waals surface area contributed by atoms with E-state index < -0.39 is 16.0 Å². The second-order valence-corrected chi connectivity index (χ2v) is 4.84. The third kappa shape index (κ3) is 2.06. The zero-order valence-electron chi connectivity index (χ0n) is 7.53. The first-order valence-electron chi connectivity index (χ1n) is 3.92. The average molecular weight is 229 g/mol. The van der Waals surface area contributed by atoms with E-state index in [9.17, 15) is 4.21 Å². The van der Waals surface area contributed by atoms with Crippen LogP contribution in [0.1, 0.15) is 6.92 Å². The lowest BCUT2D eigenvalue weighted by atomic mass is 10.3. The van der Waals surface area contributed by atoms with Crippen molar-refractivity contribution >= 4 is 28.1 Å². The molecule has 0 spiro atoms. The lowest BCUT2D eigenvalue weighted by Crippen LogP contribution is -2.10. The van der Waals surface area contributed by atoms with Crippen molar-refractivity contribution in [1.29, 1.82) is 5.26 Å². The van der Waals surface area contributed by atoms with Gasteiger partial charge in [-0.25, -0.2) is 0 Å². The van der Waals surface area contributed by atoms with Gasteiger partial charge in [-0.2, -0.15) is 5.26 Å².